The molecule has 1 heterocycles. The van der Waals surface area contributed by atoms with Crippen molar-refractivity contribution in [3.63, 3.8) is 0 Å². The van der Waals surface area contributed by atoms with Crippen molar-refractivity contribution in [3.8, 4) is 0 Å². The molecule has 0 aromatic heterocycles. The summed E-state index contributed by atoms with van der Waals surface area (Å²) in [5.41, 5.74) is -0.259. The molecule has 1 aliphatic rings. The van der Waals surface area contributed by atoms with E-state index in [0.717, 1.165) is 19.3 Å². The topological polar surface area (TPSA) is 29.5 Å². The zero-order valence-electron chi connectivity index (χ0n) is 9.26. The van der Waals surface area contributed by atoms with Crippen LogP contribution in [0.5, 0.6) is 0 Å². The maximum Gasteiger partial charge on any atom is 0.0927 e. The summed E-state index contributed by atoms with van der Waals surface area (Å²) in [4.78, 5) is 0. The van der Waals surface area contributed by atoms with Crippen molar-refractivity contribution in [2.45, 2.75) is 58.7 Å². The molecule has 2 heteroatoms. The third kappa shape index (κ3) is 2.96. The number of hydrogen-bond acceptors (Lipinski definition) is 2. The lowest BCUT2D eigenvalue weighted by Gasteiger charge is -2.29. The first-order valence-electron chi connectivity index (χ1n) is 5.17. The second kappa shape index (κ2) is 3.58. The van der Waals surface area contributed by atoms with E-state index in [2.05, 4.69) is 20.8 Å². The van der Waals surface area contributed by atoms with Gasteiger partial charge >= 0.3 is 0 Å². The molecular weight excluding hydrogens is 164 g/mol. The van der Waals surface area contributed by atoms with Crippen LogP contribution < -0.4 is 0 Å². The van der Waals surface area contributed by atoms with Gasteiger partial charge in [0.15, 0.2) is 0 Å². The molecule has 0 amide bonds. The molecular formula is C11H22O2. The van der Waals surface area contributed by atoms with E-state index in [4.69, 9.17) is 4.74 Å². The first kappa shape index (κ1) is 11.0. The number of ether oxygens (including phenoxy) is 1. The highest BCUT2D eigenvalue weighted by molar-refractivity contribution is 4.90. The predicted molar refractivity (Wildman–Crippen MR) is 53.7 cm³/mol. The van der Waals surface area contributed by atoms with Gasteiger partial charge in [-0.15, -0.1) is 0 Å². The molecule has 2 nitrogen and oxygen atoms in total. The normalized spacial score (nSPS) is 35.3. The van der Waals surface area contributed by atoms with Crippen molar-refractivity contribution in [2.75, 3.05) is 6.61 Å². The minimum Gasteiger partial charge on any atom is -0.387 e. The van der Waals surface area contributed by atoms with Gasteiger partial charge in [-0.1, -0.05) is 20.8 Å². The molecule has 1 fully saturated rings. The average Bonchev–Trinajstić information content (AvgIpc) is 2.29. The highest BCUT2D eigenvalue weighted by Crippen LogP contribution is 2.34. The maximum absolute atomic E-state index is 10.2. The first-order chi connectivity index (χ1) is 5.83. The monoisotopic (exact) mass is 186 g/mol. The van der Waals surface area contributed by atoms with Gasteiger partial charge in [-0.25, -0.2) is 0 Å². The Kier molecular flexibility index (Phi) is 3.03. The molecule has 0 aromatic rings. The van der Waals surface area contributed by atoms with Crippen LogP contribution in [-0.4, -0.2) is 23.4 Å². The highest BCUT2D eigenvalue weighted by atomic mass is 16.5. The number of rotatable bonds is 2. The summed E-state index contributed by atoms with van der Waals surface area (Å²) in [5.74, 6) is 0. The van der Waals surface area contributed by atoms with Crippen LogP contribution in [0.25, 0.3) is 0 Å². The molecule has 1 saturated heterocycles. The number of aliphatic hydroxyl groups is 1. The maximum atomic E-state index is 10.2. The molecule has 13 heavy (non-hydrogen) atoms. The van der Waals surface area contributed by atoms with Crippen LogP contribution in [-0.2, 0) is 4.74 Å². The minimum atomic E-state index is -0.562. The zero-order chi connectivity index (χ0) is 10.1. The molecule has 0 aliphatic carbocycles. The second-order valence-corrected chi connectivity index (χ2v) is 5.43. The fraction of sp³-hybridized carbons (Fsp3) is 1.00. The van der Waals surface area contributed by atoms with Crippen molar-refractivity contribution in [1.82, 2.24) is 0 Å². The lowest BCUT2D eigenvalue weighted by atomic mass is 9.82. The summed E-state index contributed by atoms with van der Waals surface area (Å²) >= 11 is 0. The largest absolute Gasteiger partial charge is 0.387 e. The van der Waals surface area contributed by atoms with E-state index in [1.54, 1.807) is 0 Å². The summed E-state index contributed by atoms with van der Waals surface area (Å²) in [6, 6.07) is 0. The van der Waals surface area contributed by atoms with E-state index in [-0.39, 0.29) is 6.10 Å². The fourth-order valence-electron chi connectivity index (χ4n) is 1.69. The molecule has 0 saturated carbocycles. The minimum absolute atomic E-state index is 0.00912. The molecule has 0 bridgehead atoms. The Bertz CT molecular complexity index is 171. The van der Waals surface area contributed by atoms with E-state index in [1.807, 2.05) is 6.92 Å². The van der Waals surface area contributed by atoms with E-state index in [0.29, 0.717) is 12.0 Å². The second-order valence-electron chi connectivity index (χ2n) is 5.43. The van der Waals surface area contributed by atoms with Gasteiger partial charge in [0.1, 0.15) is 0 Å². The summed E-state index contributed by atoms with van der Waals surface area (Å²) in [6.07, 6.45) is 2.72. The van der Waals surface area contributed by atoms with Crippen molar-refractivity contribution in [2.24, 2.45) is 5.41 Å². The molecule has 0 spiro atoms. The summed E-state index contributed by atoms with van der Waals surface area (Å²) in [5, 5.41) is 10.2. The zero-order valence-corrected chi connectivity index (χ0v) is 9.26. The SMILES string of the molecule is CC1OCCC1(O)CCC(C)(C)C. The molecule has 2 atom stereocenters. The molecule has 0 radical (unpaired) electrons. The quantitative estimate of drug-likeness (QED) is 0.717. The molecule has 2 unspecified atom stereocenters. The Labute approximate surface area is 81.3 Å². The van der Waals surface area contributed by atoms with Crippen LogP contribution in [0, 0.1) is 5.41 Å². The summed E-state index contributed by atoms with van der Waals surface area (Å²) in [6.45, 7) is 9.29. The summed E-state index contributed by atoms with van der Waals surface area (Å²) < 4.78 is 5.38. The van der Waals surface area contributed by atoms with Gasteiger partial charge in [0.2, 0.25) is 0 Å². The lowest BCUT2D eigenvalue weighted by Crippen LogP contribution is -2.37. The molecule has 0 aromatic carbocycles. The van der Waals surface area contributed by atoms with Crippen molar-refractivity contribution in [3.05, 3.63) is 0 Å². The Morgan fingerprint density at radius 2 is 2.08 bits per heavy atom. The van der Waals surface area contributed by atoms with Gasteiger partial charge in [0.05, 0.1) is 11.7 Å². The van der Waals surface area contributed by atoms with Crippen molar-refractivity contribution >= 4 is 0 Å². The smallest absolute Gasteiger partial charge is 0.0927 e. The van der Waals surface area contributed by atoms with Crippen LogP contribution in [0.4, 0.5) is 0 Å². The summed E-state index contributed by atoms with van der Waals surface area (Å²) in [7, 11) is 0. The standard InChI is InChI=1S/C11H22O2/c1-9-11(12,7-8-13-9)6-5-10(2,3)4/h9,12H,5-8H2,1-4H3. The predicted octanol–water partition coefficient (Wildman–Crippen LogP) is 2.35. The van der Waals surface area contributed by atoms with Crippen molar-refractivity contribution in [1.29, 1.82) is 0 Å². The molecule has 1 rings (SSSR count). The van der Waals surface area contributed by atoms with Gasteiger partial charge in [-0.2, -0.15) is 0 Å². The van der Waals surface area contributed by atoms with Crippen molar-refractivity contribution < 1.29 is 9.84 Å². The lowest BCUT2D eigenvalue weighted by molar-refractivity contribution is -0.0390. The van der Waals surface area contributed by atoms with Crippen LogP contribution >= 0.6 is 0 Å². The molecule has 1 N–H and O–H groups in total. The molecule has 1 aliphatic heterocycles. The van der Waals surface area contributed by atoms with Gasteiger partial charge in [0, 0.05) is 13.0 Å². The van der Waals surface area contributed by atoms with E-state index in [9.17, 15) is 5.11 Å². The number of hydrogen-bond donors (Lipinski definition) is 1. The third-order valence-electron chi connectivity index (χ3n) is 2.97. The van der Waals surface area contributed by atoms with E-state index >= 15 is 0 Å². The Balaban J connectivity index is 2.43. The van der Waals surface area contributed by atoms with Gasteiger partial charge in [-0.3, -0.25) is 0 Å². The Morgan fingerprint density at radius 3 is 2.46 bits per heavy atom. The first-order valence-corrected chi connectivity index (χ1v) is 5.17. The highest BCUT2D eigenvalue weighted by Gasteiger charge is 2.39. The fourth-order valence-corrected chi connectivity index (χ4v) is 1.69. The van der Waals surface area contributed by atoms with Crippen LogP contribution in [0.2, 0.25) is 0 Å². The average molecular weight is 186 g/mol. The Morgan fingerprint density at radius 1 is 1.46 bits per heavy atom. The molecule has 78 valence electrons. The van der Waals surface area contributed by atoms with E-state index < -0.39 is 5.60 Å². The third-order valence-corrected chi connectivity index (χ3v) is 2.97. The van der Waals surface area contributed by atoms with Crippen LogP contribution in [0.3, 0.4) is 0 Å². The van der Waals surface area contributed by atoms with E-state index in [1.165, 1.54) is 0 Å². The van der Waals surface area contributed by atoms with Gasteiger partial charge in [-0.05, 0) is 25.2 Å². The van der Waals surface area contributed by atoms with Gasteiger partial charge < -0.3 is 9.84 Å². The van der Waals surface area contributed by atoms with Gasteiger partial charge in [0.25, 0.3) is 0 Å². The van der Waals surface area contributed by atoms with Crippen LogP contribution in [0.1, 0.15) is 47.0 Å². The van der Waals surface area contributed by atoms with Crippen LogP contribution in [0.15, 0.2) is 0 Å². The Hall–Kier alpha value is -0.0800.